The Labute approximate surface area is 249 Å². The van der Waals surface area contributed by atoms with Crippen LogP contribution in [-0.4, -0.2) is 72.1 Å². The monoisotopic (exact) mass is 575 g/mol. The summed E-state index contributed by atoms with van der Waals surface area (Å²) < 4.78 is 5.48. The Morgan fingerprint density at radius 3 is 2.24 bits per heavy atom. The lowest BCUT2D eigenvalue weighted by Gasteiger charge is -2.32. The number of anilines is 3. The van der Waals surface area contributed by atoms with Crippen molar-refractivity contribution < 1.29 is 24.9 Å². The molecule has 0 bridgehead atoms. The molecule has 8 heteroatoms. The quantitative estimate of drug-likeness (QED) is 0.258. The van der Waals surface area contributed by atoms with Crippen molar-refractivity contribution in [1.29, 1.82) is 0 Å². The average molecular weight is 576 g/mol. The highest BCUT2D eigenvalue weighted by Crippen LogP contribution is 2.50. The number of carbonyl (C=O) groups excluding carboxylic acids is 1. The molecule has 0 aromatic heterocycles. The standard InChI is InChI=1S/C34H45N3O5/c1-24(2)8-5-9-25(3)10-6-11-26(4)14-15-36-29-22-27(38)23-31(40)33(29)37(17-16-35-18-20-42-21-19-35)32-28(34(36)41)12-7-13-30(32)39/h7-8,10,12-14,22-23,38-40H,5-6,9,11,15-21H2,1-4H3. The summed E-state index contributed by atoms with van der Waals surface area (Å²) in [5.74, 6) is -0.640. The minimum Gasteiger partial charge on any atom is -0.508 e. The number of amides is 1. The van der Waals surface area contributed by atoms with Crippen molar-refractivity contribution in [3.05, 3.63) is 70.8 Å². The summed E-state index contributed by atoms with van der Waals surface area (Å²) in [5, 5.41) is 32.6. The van der Waals surface area contributed by atoms with Crippen molar-refractivity contribution in [3.8, 4) is 17.2 Å². The third-order valence-electron chi connectivity index (χ3n) is 7.86. The van der Waals surface area contributed by atoms with Gasteiger partial charge in [0.05, 0.1) is 30.2 Å². The van der Waals surface area contributed by atoms with Crippen molar-refractivity contribution in [2.75, 3.05) is 55.7 Å². The molecule has 2 heterocycles. The van der Waals surface area contributed by atoms with Crippen LogP contribution in [0.15, 0.2) is 65.3 Å². The number of nitrogens with zero attached hydrogens (tertiary/aromatic N) is 3. The van der Waals surface area contributed by atoms with Gasteiger partial charge in [-0.1, -0.05) is 41.0 Å². The SMILES string of the molecule is CC(C)=CCCC(C)=CCCC(C)=CCN1C(=O)c2cccc(O)c2N(CCN2CCOCC2)c2c(O)cc(O)cc21. The zero-order valence-electron chi connectivity index (χ0n) is 25.4. The second-order valence-corrected chi connectivity index (χ2v) is 11.5. The Morgan fingerprint density at radius 1 is 0.833 bits per heavy atom. The average Bonchev–Trinajstić information content (AvgIpc) is 3.04. The fraction of sp³-hybridized carbons (Fsp3) is 0.441. The van der Waals surface area contributed by atoms with Crippen LogP contribution in [0, 0.1) is 0 Å². The number of allylic oxidation sites excluding steroid dienone is 5. The number of rotatable bonds is 11. The van der Waals surface area contributed by atoms with Crippen LogP contribution in [0.5, 0.6) is 17.2 Å². The van der Waals surface area contributed by atoms with Crippen LogP contribution in [0.25, 0.3) is 0 Å². The van der Waals surface area contributed by atoms with Crippen LogP contribution < -0.4 is 9.80 Å². The van der Waals surface area contributed by atoms with E-state index in [1.165, 1.54) is 23.3 Å². The number of hydrogen-bond acceptors (Lipinski definition) is 7. The first-order chi connectivity index (χ1) is 20.2. The van der Waals surface area contributed by atoms with Crippen LogP contribution in [0.2, 0.25) is 0 Å². The highest BCUT2D eigenvalue weighted by atomic mass is 16.5. The molecule has 2 aliphatic rings. The third-order valence-corrected chi connectivity index (χ3v) is 7.86. The number of fused-ring (bicyclic) bond motifs is 2. The number of hydrogen-bond donors (Lipinski definition) is 3. The highest BCUT2D eigenvalue weighted by molar-refractivity contribution is 6.15. The maximum Gasteiger partial charge on any atom is 0.260 e. The Hall–Kier alpha value is -3.75. The van der Waals surface area contributed by atoms with Gasteiger partial charge in [0, 0.05) is 44.9 Å². The van der Waals surface area contributed by atoms with Gasteiger partial charge in [-0.3, -0.25) is 9.69 Å². The fourth-order valence-electron chi connectivity index (χ4n) is 5.48. The van der Waals surface area contributed by atoms with Gasteiger partial charge in [-0.15, -0.1) is 0 Å². The topological polar surface area (TPSA) is 96.7 Å². The summed E-state index contributed by atoms with van der Waals surface area (Å²) in [6.07, 6.45) is 10.5. The van der Waals surface area contributed by atoms with E-state index in [-0.39, 0.29) is 29.7 Å². The van der Waals surface area contributed by atoms with Crippen molar-refractivity contribution in [1.82, 2.24) is 4.90 Å². The molecule has 0 saturated carbocycles. The van der Waals surface area contributed by atoms with Gasteiger partial charge < -0.3 is 29.9 Å². The summed E-state index contributed by atoms with van der Waals surface area (Å²) in [6.45, 7) is 12.7. The molecule has 1 amide bonds. The van der Waals surface area contributed by atoms with E-state index in [9.17, 15) is 20.1 Å². The summed E-state index contributed by atoms with van der Waals surface area (Å²) in [6, 6.07) is 7.71. The maximum absolute atomic E-state index is 14.0. The van der Waals surface area contributed by atoms with Crippen LogP contribution in [-0.2, 0) is 4.74 Å². The minimum absolute atomic E-state index is 0.0402. The molecular weight excluding hydrogens is 530 g/mol. The fourth-order valence-corrected chi connectivity index (χ4v) is 5.48. The molecule has 2 aromatic rings. The molecule has 2 aliphatic heterocycles. The lowest BCUT2D eigenvalue weighted by molar-refractivity contribution is 0.0394. The molecule has 0 unspecified atom stereocenters. The van der Waals surface area contributed by atoms with Crippen molar-refractivity contribution in [2.24, 2.45) is 0 Å². The second kappa shape index (κ2) is 14.4. The van der Waals surface area contributed by atoms with Gasteiger partial charge in [-0.25, -0.2) is 0 Å². The van der Waals surface area contributed by atoms with Gasteiger partial charge in [-0.2, -0.15) is 0 Å². The molecule has 4 rings (SSSR count). The number of phenolic OH excluding ortho intramolecular Hbond substituents is 3. The number of ether oxygens (including phenoxy) is 1. The van der Waals surface area contributed by atoms with E-state index in [0.717, 1.165) is 44.3 Å². The number of para-hydroxylation sites is 1. The van der Waals surface area contributed by atoms with Gasteiger partial charge in [0.1, 0.15) is 22.9 Å². The highest BCUT2D eigenvalue weighted by Gasteiger charge is 2.35. The number of benzene rings is 2. The normalized spacial score (nSPS) is 16.2. The number of aromatic hydroxyl groups is 3. The molecule has 0 radical (unpaired) electrons. The van der Waals surface area contributed by atoms with Crippen molar-refractivity contribution in [2.45, 2.75) is 53.4 Å². The Kier molecular flexibility index (Phi) is 10.7. The van der Waals surface area contributed by atoms with Crippen LogP contribution in [0.1, 0.15) is 63.7 Å². The van der Waals surface area contributed by atoms with Crippen molar-refractivity contribution in [3.63, 3.8) is 0 Å². The molecule has 2 aromatic carbocycles. The number of phenols is 3. The predicted molar refractivity (Wildman–Crippen MR) is 169 cm³/mol. The molecule has 42 heavy (non-hydrogen) atoms. The zero-order chi connectivity index (χ0) is 30.2. The van der Waals surface area contributed by atoms with Gasteiger partial charge in [0.15, 0.2) is 0 Å². The molecular formula is C34H45N3O5. The first kappa shape index (κ1) is 31.2. The first-order valence-corrected chi connectivity index (χ1v) is 14.9. The van der Waals surface area contributed by atoms with Crippen molar-refractivity contribution >= 4 is 23.0 Å². The first-order valence-electron chi connectivity index (χ1n) is 14.9. The smallest absolute Gasteiger partial charge is 0.260 e. The van der Waals surface area contributed by atoms with Gasteiger partial charge in [-0.05, 0) is 65.5 Å². The van der Waals surface area contributed by atoms with Gasteiger partial charge in [0.2, 0.25) is 0 Å². The van der Waals surface area contributed by atoms with Gasteiger partial charge >= 0.3 is 0 Å². The van der Waals surface area contributed by atoms with E-state index in [1.54, 1.807) is 23.1 Å². The van der Waals surface area contributed by atoms with Crippen LogP contribution in [0.3, 0.4) is 0 Å². The Morgan fingerprint density at radius 2 is 1.52 bits per heavy atom. The van der Waals surface area contributed by atoms with E-state index in [4.69, 9.17) is 4.74 Å². The third kappa shape index (κ3) is 7.75. The molecule has 8 nitrogen and oxygen atoms in total. The van der Waals surface area contributed by atoms with E-state index in [0.29, 0.717) is 48.9 Å². The molecule has 1 fully saturated rings. The summed E-state index contributed by atoms with van der Waals surface area (Å²) >= 11 is 0. The molecule has 0 atom stereocenters. The maximum atomic E-state index is 14.0. The lowest BCUT2D eigenvalue weighted by atomic mass is 10.1. The second-order valence-electron chi connectivity index (χ2n) is 11.5. The zero-order valence-corrected chi connectivity index (χ0v) is 25.4. The molecule has 1 saturated heterocycles. The molecule has 226 valence electrons. The van der Waals surface area contributed by atoms with Crippen LogP contribution in [0.4, 0.5) is 17.1 Å². The van der Waals surface area contributed by atoms with Crippen LogP contribution >= 0.6 is 0 Å². The van der Waals surface area contributed by atoms with Gasteiger partial charge in [0.25, 0.3) is 5.91 Å². The van der Waals surface area contributed by atoms with E-state index < -0.39 is 0 Å². The Balaban J connectivity index is 1.62. The Bertz CT molecular complexity index is 1350. The largest absolute Gasteiger partial charge is 0.508 e. The summed E-state index contributed by atoms with van der Waals surface area (Å²) in [5.41, 5.74) is 5.33. The predicted octanol–water partition coefficient (Wildman–Crippen LogP) is 6.65. The lowest BCUT2D eigenvalue weighted by Crippen LogP contribution is -2.40. The molecule has 0 spiro atoms. The number of carbonyl (C=O) groups is 1. The summed E-state index contributed by atoms with van der Waals surface area (Å²) in [7, 11) is 0. The summed E-state index contributed by atoms with van der Waals surface area (Å²) in [4.78, 5) is 19.7. The van der Waals surface area contributed by atoms with E-state index in [1.807, 2.05) is 11.0 Å². The molecule has 0 aliphatic carbocycles. The minimum atomic E-state index is -0.305. The number of morpholine rings is 1. The molecule has 3 N–H and O–H groups in total. The van der Waals surface area contributed by atoms with E-state index >= 15 is 0 Å². The van der Waals surface area contributed by atoms with E-state index in [2.05, 4.69) is 44.7 Å².